The van der Waals surface area contributed by atoms with E-state index in [1.54, 1.807) is 17.2 Å². The van der Waals surface area contributed by atoms with E-state index in [2.05, 4.69) is 4.98 Å². The van der Waals surface area contributed by atoms with Crippen molar-refractivity contribution in [3.63, 3.8) is 0 Å². The van der Waals surface area contributed by atoms with Crippen molar-refractivity contribution in [1.82, 2.24) is 14.3 Å². The molecule has 0 radical (unpaired) electrons. The third-order valence-corrected chi connectivity index (χ3v) is 10.8. The third-order valence-electron chi connectivity index (χ3n) is 6.16. The number of piperidine rings is 1. The minimum Gasteiger partial charge on any atom is -0.492 e. The lowest BCUT2D eigenvalue weighted by Gasteiger charge is -2.32. The Labute approximate surface area is 228 Å². The van der Waals surface area contributed by atoms with Crippen LogP contribution < -0.4 is 9.64 Å². The second kappa shape index (κ2) is 11.0. The SMILES string of the molecule is CCOc1cccc2sc(N(Cc3ccccn3)C(=O)C3CCN(S(=O)(=O)c4ccc(Cl)s4)CC3)nc12. The standard InChI is InChI=1S/C25H25ClN4O4S3/c1-2-34-19-7-5-8-20-23(19)28-25(35-20)30(16-18-6-3-4-13-27-18)24(31)17-11-14-29(15-12-17)37(32,33)22-10-9-21(26)36-22/h3-10,13,17H,2,11-12,14-16H2,1H3. The Kier molecular flexibility index (Phi) is 7.77. The Hall–Kier alpha value is -2.57. The Morgan fingerprint density at radius 2 is 1.95 bits per heavy atom. The van der Waals surface area contributed by atoms with Crippen LogP contribution in [0.2, 0.25) is 4.34 Å². The molecule has 0 aliphatic carbocycles. The number of halogens is 1. The van der Waals surface area contributed by atoms with Crippen molar-refractivity contribution in [2.24, 2.45) is 5.92 Å². The van der Waals surface area contributed by atoms with Crippen molar-refractivity contribution in [2.75, 3.05) is 24.6 Å². The number of ether oxygens (including phenoxy) is 1. The predicted molar refractivity (Wildman–Crippen MR) is 147 cm³/mol. The number of hydrogen-bond donors (Lipinski definition) is 0. The Morgan fingerprint density at radius 1 is 1.14 bits per heavy atom. The molecule has 0 N–H and O–H groups in total. The fourth-order valence-electron chi connectivity index (χ4n) is 4.32. The molecule has 0 spiro atoms. The number of pyridine rings is 1. The maximum atomic E-state index is 13.9. The maximum absolute atomic E-state index is 13.9. The van der Waals surface area contributed by atoms with Gasteiger partial charge in [0.05, 0.1) is 27.9 Å². The van der Waals surface area contributed by atoms with Gasteiger partial charge in [-0.1, -0.05) is 35.1 Å². The van der Waals surface area contributed by atoms with E-state index in [0.717, 1.165) is 27.2 Å². The van der Waals surface area contributed by atoms with Crippen molar-refractivity contribution in [1.29, 1.82) is 0 Å². The fourth-order valence-corrected chi connectivity index (χ4v) is 8.41. The number of para-hydroxylation sites is 1. The van der Waals surface area contributed by atoms with Gasteiger partial charge >= 0.3 is 0 Å². The molecule has 4 aromatic rings. The Balaban J connectivity index is 1.39. The third kappa shape index (κ3) is 5.51. The summed E-state index contributed by atoms with van der Waals surface area (Å²) in [4.78, 5) is 24.8. The minimum absolute atomic E-state index is 0.0844. The molecule has 0 saturated carbocycles. The molecule has 1 fully saturated rings. The van der Waals surface area contributed by atoms with Crippen LogP contribution in [0.15, 0.2) is 58.9 Å². The molecule has 5 rings (SSSR count). The maximum Gasteiger partial charge on any atom is 0.252 e. The minimum atomic E-state index is -3.63. The van der Waals surface area contributed by atoms with Crippen LogP contribution in [0, 0.1) is 5.92 Å². The molecule has 1 amide bonds. The molecule has 0 bridgehead atoms. The van der Waals surface area contributed by atoms with Crippen molar-refractivity contribution >= 4 is 65.6 Å². The molecule has 12 heteroatoms. The van der Waals surface area contributed by atoms with E-state index in [0.29, 0.717) is 34.7 Å². The van der Waals surface area contributed by atoms with Crippen LogP contribution in [0.5, 0.6) is 5.75 Å². The van der Waals surface area contributed by atoms with Gasteiger partial charge in [-0.15, -0.1) is 11.3 Å². The van der Waals surface area contributed by atoms with Gasteiger partial charge in [0.25, 0.3) is 10.0 Å². The summed E-state index contributed by atoms with van der Waals surface area (Å²) < 4.78 is 34.8. The van der Waals surface area contributed by atoms with Gasteiger partial charge in [-0.25, -0.2) is 13.4 Å². The number of carbonyl (C=O) groups is 1. The van der Waals surface area contributed by atoms with E-state index >= 15 is 0 Å². The highest BCUT2D eigenvalue weighted by molar-refractivity contribution is 7.91. The molecule has 8 nitrogen and oxygen atoms in total. The molecule has 1 aromatic carbocycles. The molecule has 1 aliphatic heterocycles. The zero-order valence-electron chi connectivity index (χ0n) is 20.0. The number of hydrogen-bond acceptors (Lipinski definition) is 8. The monoisotopic (exact) mass is 576 g/mol. The van der Waals surface area contributed by atoms with E-state index in [9.17, 15) is 13.2 Å². The number of amides is 1. The van der Waals surface area contributed by atoms with Gasteiger partial charge in [-0.05, 0) is 56.2 Å². The molecule has 194 valence electrons. The first kappa shape index (κ1) is 26.1. The van der Waals surface area contributed by atoms with Crippen molar-refractivity contribution in [3.8, 4) is 5.75 Å². The van der Waals surface area contributed by atoms with Crippen molar-refractivity contribution in [3.05, 3.63) is 64.8 Å². The van der Waals surface area contributed by atoms with E-state index in [1.807, 2.05) is 43.3 Å². The van der Waals surface area contributed by atoms with E-state index < -0.39 is 10.0 Å². The predicted octanol–water partition coefficient (Wildman–Crippen LogP) is 5.44. The molecule has 37 heavy (non-hydrogen) atoms. The van der Waals surface area contributed by atoms with Gasteiger partial charge < -0.3 is 4.74 Å². The molecular weight excluding hydrogens is 552 g/mol. The number of benzene rings is 1. The summed E-state index contributed by atoms with van der Waals surface area (Å²) in [5.74, 6) is 0.263. The van der Waals surface area contributed by atoms with Crippen LogP contribution in [0.1, 0.15) is 25.5 Å². The zero-order valence-corrected chi connectivity index (χ0v) is 23.2. The van der Waals surface area contributed by atoms with Crippen molar-refractivity contribution < 1.29 is 17.9 Å². The van der Waals surface area contributed by atoms with Gasteiger partial charge in [0.2, 0.25) is 5.91 Å². The van der Waals surface area contributed by atoms with Crippen LogP contribution in [0.3, 0.4) is 0 Å². The topological polar surface area (TPSA) is 92.7 Å². The number of aromatic nitrogens is 2. The van der Waals surface area contributed by atoms with Gasteiger partial charge in [-0.3, -0.25) is 14.7 Å². The lowest BCUT2D eigenvalue weighted by molar-refractivity contribution is -0.123. The summed E-state index contributed by atoms with van der Waals surface area (Å²) in [5, 5.41) is 0.570. The molecule has 0 unspecified atom stereocenters. The molecule has 4 heterocycles. The van der Waals surface area contributed by atoms with E-state index in [4.69, 9.17) is 21.3 Å². The smallest absolute Gasteiger partial charge is 0.252 e. The van der Waals surface area contributed by atoms with Gasteiger partial charge in [0, 0.05) is 25.2 Å². The fraction of sp³-hybridized carbons (Fsp3) is 0.320. The van der Waals surface area contributed by atoms with Crippen LogP contribution in [0.25, 0.3) is 10.2 Å². The first-order valence-electron chi connectivity index (χ1n) is 11.9. The van der Waals surface area contributed by atoms with E-state index in [1.165, 1.54) is 21.7 Å². The highest BCUT2D eigenvalue weighted by atomic mass is 35.5. The number of carbonyl (C=O) groups excluding carboxylic acids is 1. The normalized spacial score (nSPS) is 15.2. The molecule has 3 aromatic heterocycles. The van der Waals surface area contributed by atoms with Gasteiger partial charge in [0.1, 0.15) is 15.5 Å². The Morgan fingerprint density at radius 3 is 2.62 bits per heavy atom. The summed E-state index contributed by atoms with van der Waals surface area (Å²) in [6.45, 7) is 3.24. The lowest BCUT2D eigenvalue weighted by atomic mass is 9.96. The molecule has 1 aliphatic rings. The number of anilines is 1. The first-order chi connectivity index (χ1) is 17.9. The lowest BCUT2D eigenvalue weighted by Crippen LogP contribution is -2.44. The number of thiophene rings is 1. The average molecular weight is 577 g/mol. The van der Waals surface area contributed by atoms with E-state index in [-0.39, 0.29) is 35.7 Å². The number of thiazole rings is 1. The number of rotatable bonds is 8. The van der Waals surface area contributed by atoms with Crippen LogP contribution in [0.4, 0.5) is 5.13 Å². The number of fused-ring (bicyclic) bond motifs is 1. The summed E-state index contributed by atoms with van der Waals surface area (Å²) in [6, 6.07) is 14.4. The van der Waals surface area contributed by atoms with Crippen LogP contribution >= 0.6 is 34.3 Å². The van der Waals surface area contributed by atoms with Gasteiger partial charge in [0.15, 0.2) is 5.13 Å². The first-order valence-corrected chi connectivity index (χ1v) is 15.3. The molecular formula is C25H25ClN4O4S3. The second-order valence-electron chi connectivity index (χ2n) is 8.51. The number of nitrogens with zero attached hydrogens (tertiary/aromatic N) is 4. The zero-order chi connectivity index (χ0) is 26.0. The molecule has 0 atom stereocenters. The summed E-state index contributed by atoms with van der Waals surface area (Å²) >= 11 is 8.43. The van der Waals surface area contributed by atoms with Crippen molar-refractivity contribution in [2.45, 2.75) is 30.5 Å². The Bertz CT molecular complexity index is 1500. The average Bonchev–Trinajstić information content (AvgIpc) is 3.55. The highest BCUT2D eigenvalue weighted by Crippen LogP contribution is 2.37. The summed E-state index contributed by atoms with van der Waals surface area (Å²) in [7, 11) is -3.63. The second-order valence-corrected chi connectivity index (χ2v) is 13.4. The van der Waals surface area contributed by atoms with Crippen LogP contribution in [-0.4, -0.2) is 48.3 Å². The summed E-state index contributed by atoms with van der Waals surface area (Å²) in [6.07, 6.45) is 2.54. The largest absolute Gasteiger partial charge is 0.492 e. The van der Waals surface area contributed by atoms with Crippen LogP contribution in [-0.2, 0) is 21.4 Å². The highest BCUT2D eigenvalue weighted by Gasteiger charge is 2.35. The molecule has 1 saturated heterocycles. The summed E-state index contributed by atoms with van der Waals surface area (Å²) in [5.41, 5.74) is 1.47. The van der Waals surface area contributed by atoms with Gasteiger partial charge in [-0.2, -0.15) is 4.31 Å². The quantitative estimate of drug-likeness (QED) is 0.277. The number of sulfonamides is 1.